The van der Waals surface area contributed by atoms with Gasteiger partial charge in [-0.05, 0) is 36.8 Å². The Morgan fingerprint density at radius 3 is 2.86 bits per heavy atom. The van der Waals surface area contributed by atoms with Crippen LogP contribution in [0.15, 0.2) is 47.8 Å². The fourth-order valence-corrected chi connectivity index (χ4v) is 1.95. The molecule has 114 valence electrons. The van der Waals surface area contributed by atoms with Crippen LogP contribution in [-0.4, -0.2) is 28.5 Å². The van der Waals surface area contributed by atoms with E-state index in [0.717, 1.165) is 0 Å². The summed E-state index contributed by atoms with van der Waals surface area (Å²) < 4.78 is 18.1. The van der Waals surface area contributed by atoms with E-state index in [0.29, 0.717) is 16.8 Å². The highest BCUT2D eigenvalue weighted by molar-refractivity contribution is 6.01. The van der Waals surface area contributed by atoms with Crippen LogP contribution in [0.5, 0.6) is 0 Å². The zero-order chi connectivity index (χ0) is 15.9. The van der Waals surface area contributed by atoms with E-state index in [1.165, 1.54) is 30.5 Å². The molecular formula is C16H15FN2O3. The molecule has 0 aliphatic heterocycles. The molecule has 0 radical (unpaired) electrons. The minimum Gasteiger partial charge on any atom is -0.462 e. The Hall–Kier alpha value is -2.76. The topological polar surface area (TPSA) is 71.8 Å². The van der Waals surface area contributed by atoms with Gasteiger partial charge < -0.3 is 9.94 Å². The van der Waals surface area contributed by atoms with E-state index in [9.17, 15) is 14.4 Å². The van der Waals surface area contributed by atoms with Gasteiger partial charge in [-0.1, -0.05) is 17.3 Å². The third-order valence-electron chi connectivity index (χ3n) is 2.95. The van der Waals surface area contributed by atoms with Crippen molar-refractivity contribution in [2.45, 2.75) is 13.3 Å². The summed E-state index contributed by atoms with van der Waals surface area (Å²) in [7, 11) is 0. The number of oxime groups is 1. The summed E-state index contributed by atoms with van der Waals surface area (Å²) >= 11 is 0. The van der Waals surface area contributed by atoms with Gasteiger partial charge in [-0.2, -0.15) is 0 Å². The van der Waals surface area contributed by atoms with Gasteiger partial charge in [0, 0.05) is 12.6 Å². The summed E-state index contributed by atoms with van der Waals surface area (Å²) in [6, 6.07) is 8.95. The average molecular weight is 302 g/mol. The molecule has 0 fully saturated rings. The molecule has 0 bridgehead atoms. The van der Waals surface area contributed by atoms with Crippen LogP contribution >= 0.6 is 0 Å². The van der Waals surface area contributed by atoms with Crippen molar-refractivity contribution in [1.82, 2.24) is 4.98 Å². The van der Waals surface area contributed by atoms with Gasteiger partial charge in [0.1, 0.15) is 11.5 Å². The van der Waals surface area contributed by atoms with E-state index in [4.69, 9.17) is 4.74 Å². The Morgan fingerprint density at radius 1 is 1.36 bits per heavy atom. The molecule has 0 unspecified atom stereocenters. The third-order valence-corrected chi connectivity index (χ3v) is 2.95. The van der Waals surface area contributed by atoms with Crippen LogP contribution in [0.1, 0.15) is 28.5 Å². The van der Waals surface area contributed by atoms with Gasteiger partial charge in [0.15, 0.2) is 0 Å². The first-order valence-corrected chi connectivity index (χ1v) is 6.73. The minimum atomic E-state index is -0.478. The van der Waals surface area contributed by atoms with Crippen molar-refractivity contribution in [2.75, 3.05) is 6.61 Å². The number of hydrogen-bond acceptors (Lipinski definition) is 5. The largest absolute Gasteiger partial charge is 0.462 e. The van der Waals surface area contributed by atoms with Crippen LogP contribution in [-0.2, 0) is 11.2 Å². The number of rotatable bonds is 5. The van der Waals surface area contributed by atoms with Crippen molar-refractivity contribution < 1.29 is 19.1 Å². The number of carbonyl (C=O) groups is 1. The minimum absolute atomic E-state index is 0.188. The van der Waals surface area contributed by atoms with Crippen LogP contribution in [0.4, 0.5) is 4.39 Å². The molecule has 0 amide bonds. The van der Waals surface area contributed by atoms with E-state index in [2.05, 4.69) is 10.1 Å². The molecule has 1 aromatic heterocycles. The summed E-state index contributed by atoms with van der Waals surface area (Å²) in [5.41, 5.74) is 1.51. The lowest BCUT2D eigenvalue weighted by molar-refractivity contribution is 0.0526. The van der Waals surface area contributed by atoms with Gasteiger partial charge in [0.05, 0.1) is 17.9 Å². The van der Waals surface area contributed by atoms with Crippen molar-refractivity contribution in [2.24, 2.45) is 5.16 Å². The predicted octanol–water partition coefficient (Wildman–Crippen LogP) is 2.82. The molecule has 1 aromatic carbocycles. The van der Waals surface area contributed by atoms with Gasteiger partial charge in [-0.3, -0.25) is 4.98 Å². The first-order valence-electron chi connectivity index (χ1n) is 6.73. The summed E-state index contributed by atoms with van der Waals surface area (Å²) in [5, 5.41) is 12.4. The second kappa shape index (κ2) is 7.31. The number of benzene rings is 1. The molecule has 5 nitrogen and oxygen atoms in total. The predicted molar refractivity (Wildman–Crippen MR) is 78.6 cm³/mol. The van der Waals surface area contributed by atoms with E-state index >= 15 is 0 Å². The Morgan fingerprint density at radius 2 is 2.18 bits per heavy atom. The summed E-state index contributed by atoms with van der Waals surface area (Å²) in [4.78, 5) is 15.8. The van der Waals surface area contributed by atoms with Crippen LogP contribution in [0.2, 0.25) is 0 Å². The summed E-state index contributed by atoms with van der Waals surface area (Å²) in [6.07, 6.45) is 1.62. The Kier molecular flexibility index (Phi) is 5.19. The van der Waals surface area contributed by atoms with Gasteiger partial charge in [-0.15, -0.1) is 0 Å². The molecule has 1 N–H and O–H groups in total. The highest BCUT2D eigenvalue weighted by atomic mass is 19.1. The van der Waals surface area contributed by atoms with Crippen molar-refractivity contribution in [1.29, 1.82) is 0 Å². The van der Waals surface area contributed by atoms with Crippen molar-refractivity contribution >= 4 is 11.7 Å². The maximum atomic E-state index is 13.2. The number of carbonyl (C=O) groups excluding carboxylic acids is 1. The van der Waals surface area contributed by atoms with Gasteiger partial charge >= 0.3 is 5.97 Å². The number of esters is 1. The number of halogens is 1. The Labute approximate surface area is 127 Å². The van der Waals surface area contributed by atoms with Gasteiger partial charge in [-0.25, -0.2) is 9.18 Å². The maximum absolute atomic E-state index is 13.2. The van der Waals surface area contributed by atoms with Crippen LogP contribution in [0.25, 0.3) is 0 Å². The zero-order valence-electron chi connectivity index (χ0n) is 12.0. The monoisotopic (exact) mass is 302 g/mol. The molecule has 22 heavy (non-hydrogen) atoms. The molecule has 0 saturated carbocycles. The SMILES string of the molecule is CCOC(=O)c1ccnc(/C(Cc2cccc(F)c2)=N/O)c1. The summed E-state index contributed by atoms with van der Waals surface area (Å²) in [6.45, 7) is 1.98. The van der Waals surface area contributed by atoms with E-state index < -0.39 is 5.97 Å². The van der Waals surface area contributed by atoms with Crippen LogP contribution in [0.3, 0.4) is 0 Å². The first-order chi connectivity index (χ1) is 10.6. The lowest BCUT2D eigenvalue weighted by Gasteiger charge is -2.06. The molecule has 6 heteroatoms. The van der Waals surface area contributed by atoms with E-state index in [-0.39, 0.29) is 24.6 Å². The maximum Gasteiger partial charge on any atom is 0.338 e. The van der Waals surface area contributed by atoms with Gasteiger partial charge in [0.2, 0.25) is 0 Å². The second-order valence-corrected chi connectivity index (χ2v) is 4.50. The number of ether oxygens (including phenoxy) is 1. The molecule has 0 aliphatic rings. The van der Waals surface area contributed by atoms with Crippen LogP contribution < -0.4 is 0 Å². The first kappa shape index (κ1) is 15.6. The number of nitrogens with zero attached hydrogens (tertiary/aromatic N) is 2. The average Bonchev–Trinajstić information content (AvgIpc) is 2.53. The quantitative estimate of drug-likeness (QED) is 0.399. The Balaban J connectivity index is 2.25. The standard InChI is InChI=1S/C16H15FN2O3/c1-2-22-16(20)12-6-7-18-14(10-12)15(19-21)9-11-4-3-5-13(17)8-11/h3-8,10,21H,2,9H2,1H3/b19-15+. The smallest absolute Gasteiger partial charge is 0.338 e. The fourth-order valence-electron chi connectivity index (χ4n) is 1.95. The molecule has 1 heterocycles. The molecule has 0 saturated heterocycles. The number of aromatic nitrogens is 1. The summed E-state index contributed by atoms with van der Waals surface area (Å²) in [5.74, 6) is -0.850. The third kappa shape index (κ3) is 3.88. The normalized spacial score (nSPS) is 11.3. The van der Waals surface area contributed by atoms with Gasteiger partial charge in [0.25, 0.3) is 0 Å². The zero-order valence-corrected chi connectivity index (χ0v) is 12.0. The second-order valence-electron chi connectivity index (χ2n) is 4.50. The number of pyridine rings is 1. The Bertz CT molecular complexity index is 701. The molecule has 0 spiro atoms. The molecule has 2 aromatic rings. The highest BCUT2D eigenvalue weighted by Crippen LogP contribution is 2.11. The van der Waals surface area contributed by atoms with E-state index in [1.807, 2.05) is 0 Å². The van der Waals surface area contributed by atoms with Crippen LogP contribution in [0, 0.1) is 5.82 Å². The number of hydrogen-bond donors (Lipinski definition) is 1. The highest BCUT2D eigenvalue weighted by Gasteiger charge is 2.12. The van der Waals surface area contributed by atoms with Crippen molar-refractivity contribution in [3.63, 3.8) is 0 Å². The molecule has 0 atom stereocenters. The lowest BCUT2D eigenvalue weighted by Crippen LogP contribution is -2.11. The molecule has 2 rings (SSSR count). The van der Waals surface area contributed by atoms with E-state index in [1.54, 1.807) is 19.1 Å². The molecular weight excluding hydrogens is 287 g/mol. The fraction of sp³-hybridized carbons (Fsp3) is 0.188. The lowest BCUT2D eigenvalue weighted by atomic mass is 10.0. The van der Waals surface area contributed by atoms with Crippen molar-refractivity contribution in [3.05, 3.63) is 65.2 Å². The molecule has 0 aliphatic carbocycles. The van der Waals surface area contributed by atoms with Crippen molar-refractivity contribution in [3.8, 4) is 0 Å².